The summed E-state index contributed by atoms with van der Waals surface area (Å²) in [4.78, 5) is 39.4. The highest BCUT2D eigenvalue weighted by Crippen LogP contribution is 2.34. The molecule has 236 valence electrons. The first-order valence-corrected chi connectivity index (χ1v) is 15.1. The molecule has 1 atom stereocenters. The van der Waals surface area contributed by atoms with Crippen LogP contribution in [0.1, 0.15) is 44.0 Å². The van der Waals surface area contributed by atoms with Gasteiger partial charge < -0.3 is 15.4 Å². The Morgan fingerprint density at radius 3 is 2.48 bits per heavy atom. The second-order valence-electron chi connectivity index (χ2n) is 12.4. The van der Waals surface area contributed by atoms with Gasteiger partial charge in [-0.2, -0.15) is 0 Å². The third-order valence-electron chi connectivity index (χ3n) is 7.82. The Bertz CT molecular complexity index is 1940. The maximum atomic E-state index is 15.8. The molecule has 0 aliphatic carbocycles. The summed E-state index contributed by atoms with van der Waals surface area (Å²) in [6.07, 6.45) is 5.69. The molecule has 5 aromatic rings. The van der Waals surface area contributed by atoms with E-state index in [2.05, 4.69) is 20.3 Å². The number of fused-ring (bicyclic) bond motifs is 1. The number of anilines is 2. The molecule has 11 nitrogen and oxygen atoms in total. The Hall–Kier alpha value is -5.39. The van der Waals surface area contributed by atoms with E-state index in [-0.39, 0.29) is 12.1 Å². The van der Waals surface area contributed by atoms with Crippen LogP contribution in [0.2, 0.25) is 0 Å². The lowest BCUT2D eigenvalue weighted by molar-refractivity contribution is 0.0196. The van der Waals surface area contributed by atoms with Crippen molar-refractivity contribution in [3.63, 3.8) is 0 Å². The van der Waals surface area contributed by atoms with Gasteiger partial charge in [0.15, 0.2) is 0 Å². The molecule has 1 fully saturated rings. The minimum absolute atomic E-state index is 0.121. The van der Waals surface area contributed by atoms with Gasteiger partial charge in [0.05, 0.1) is 17.8 Å². The van der Waals surface area contributed by atoms with E-state index in [1.807, 2.05) is 51.1 Å². The standard InChI is InChI=1S/C34H35FN8O3/c1-34(2,3)46-33(45)42-15-5-6-25(19-42)43(32(44)27-10-8-24(17-28(27)35)29-20-41(4)40-39-29)31-26-9-7-21(16-23(26)12-14-38-31)22-11-13-37-30(36)18-22/h7-14,16-18,20,25H,5-6,15,19H2,1-4H3,(H2,36,37)/t25-/m1/s1. The Morgan fingerprint density at radius 1 is 1.00 bits per heavy atom. The summed E-state index contributed by atoms with van der Waals surface area (Å²) in [5.74, 6) is -0.485. The first-order chi connectivity index (χ1) is 22.0. The molecule has 6 rings (SSSR count). The van der Waals surface area contributed by atoms with Gasteiger partial charge in [-0.25, -0.2) is 19.2 Å². The topological polar surface area (TPSA) is 132 Å². The number of amides is 2. The number of aryl methyl sites for hydroxylation is 1. The van der Waals surface area contributed by atoms with Crippen molar-refractivity contribution in [3.05, 3.63) is 84.6 Å². The Balaban J connectivity index is 1.42. The number of piperidine rings is 1. The zero-order valence-corrected chi connectivity index (χ0v) is 26.1. The molecule has 46 heavy (non-hydrogen) atoms. The van der Waals surface area contributed by atoms with Gasteiger partial charge >= 0.3 is 6.09 Å². The van der Waals surface area contributed by atoms with Crippen molar-refractivity contribution in [1.82, 2.24) is 29.9 Å². The SMILES string of the molecule is Cn1cc(-c2ccc(C(=O)N(c3nccc4cc(-c5ccnc(N)c5)ccc34)[C@@H]3CCCN(C(=O)OC(C)(C)C)C3)c(F)c2)nn1. The minimum atomic E-state index is -0.698. The summed E-state index contributed by atoms with van der Waals surface area (Å²) >= 11 is 0. The lowest BCUT2D eigenvalue weighted by atomic mass is 9.99. The Kier molecular flexibility index (Phi) is 8.11. The van der Waals surface area contributed by atoms with Crippen LogP contribution < -0.4 is 10.6 Å². The van der Waals surface area contributed by atoms with E-state index in [9.17, 15) is 9.59 Å². The Morgan fingerprint density at radius 2 is 1.76 bits per heavy atom. The molecule has 0 spiro atoms. The van der Waals surface area contributed by atoms with E-state index >= 15 is 4.39 Å². The Labute approximate surface area is 265 Å². The number of pyridine rings is 2. The average molecular weight is 623 g/mol. The van der Waals surface area contributed by atoms with Crippen LogP contribution in [0.25, 0.3) is 33.2 Å². The molecule has 0 radical (unpaired) electrons. The first-order valence-electron chi connectivity index (χ1n) is 15.1. The molecule has 0 unspecified atom stereocenters. The molecular weight excluding hydrogens is 587 g/mol. The van der Waals surface area contributed by atoms with E-state index in [4.69, 9.17) is 10.5 Å². The zero-order valence-electron chi connectivity index (χ0n) is 26.1. The highest BCUT2D eigenvalue weighted by atomic mass is 19.1. The maximum absolute atomic E-state index is 15.8. The fourth-order valence-electron chi connectivity index (χ4n) is 5.71. The highest BCUT2D eigenvalue weighted by Gasteiger charge is 2.36. The summed E-state index contributed by atoms with van der Waals surface area (Å²) in [6.45, 7) is 6.11. The molecule has 1 saturated heterocycles. The van der Waals surface area contributed by atoms with E-state index in [1.165, 1.54) is 21.7 Å². The number of likely N-dealkylation sites (tertiary alicyclic amines) is 1. The average Bonchev–Trinajstić information content (AvgIpc) is 3.46. The van der Waals surface area contributed by atoms with Crippen LogP contribution in [-0.4, -0.2) is 66.6 Å². The van der Waals surface area contributed by atoms with Gasteiger partial charge in [0.2, 0.25) is 0 Å². The van der Waals surface area contributed by atoms with E-state index in [0.29, 0.717) is 47.7 Å². The van der Waals surface area contributed by atoms with Gasteiger partial charge in [-0.1, -0.05) is 23.4 Å². The lowest BCUT2D eigenvalue weighted by Crippen LogP contribution is -2.53. The monoisotopic (exact) mass is 622 g/mol. The van der Waals surface area contributed by atoms with Crippen LogP contribution in [0, 0.1) is 5.82 Å². The lowest BCUT2D eigenvalue weighted by Gasteiger charge is -2.39. The maximum Gasteiger partial charge on any atom is 0.410 e. The van der Waals surface area contributed by atoms with Crippen LogP contribution in [-0.2, 0) is 11.8 Å². The molecule has 1 aliphatic rings. The number of nitrogens with two attached hydrogens (primary N) is 1. The van der Waals surface area contributed by atoms with Crippen LogP contribution in [0.3, 0.4) is 0 Å². The van der Waals surface area contributed by atoms with Crippen LogP contribution in [0.15, 0.2) is 73.2 Å². The second kappa shape index (κ2) is 12.2. The molecule has 1 aliphatic heterocycles. The van der Waals surface area contributed by atoms with Crippen molar-refractivity contribution >= 4 is 34.4 Å². The van der Waals surface area contributed by atoms with Gasteiger partial charge in [0.1, 0.15) is 28.7 Å². The predicted octanol–water partition coefficient (Wildman–Crippen LogP) is 5.86. The molecule has 2 N–H and O–H groups in total. The largest absolute Gasteiger partial charge is 0.444 e. The van der Waals surface area contributed by atoms with Crippen molar-refractivity contribution in [1.29, 1.82) is 0 Å². The molecule has 3 aromatic heterocycles. The fourth-order valence-corrected chi connectivity index (χ4v) is 5.71. The number of rotatable bonds is 5. The number of carbonyl (C=O) groups excluding carboxylic acids is 2. The quantitative estimate of drug-likeness (QED) is 0.258. The smallest absolute Gasteiger partial charge is 0.410 e. The number of nitrogen functional groups attached to an aromatic ring is 1. The molecule has 2 amide bonds. The molecule has 0 saturated carbocycles. The number of hydrogen-bond donors (Lipinski definition) is 1. The number of aromatic nitrogens is 5. The van der Waals surface area contributed by atoms with E-state index in [0.717, 1.165) is 16.5 Å². The number of hydrogen-bond acceptors (Lipinski definition) is 8. The minimum Gasteiger partial charge on any atom is -0.444 e. The van der Waals surface area contributed by atoms with Gasteiger partial charge in [-0.3, -0.25) is 14.4 Å². The summed E-state index contributed by atoms with van der Waals surface area (Å²) in [5.41, 5.74) is 7.91. The normalized spacial score (nSPS) is 15.2. The van der Waals surface area contributed by atoms with Crippen molar-refractivity contribution in [2.45, 2.75) is 45.3 Å². The summed E-state index contributed by atoms with van der Waals surface area (Å²) < 4.78 is 23.0. The fraction of sp³-hybridized carbons (Fsp3) is 0.294. The van der Waals surface area contributed by atoms with Crippen molar-refractivity contribution in [2.24, 2.45) is 7.05 Å². The van der Waals surface area contributed by atoms with Gasteiger partial charge in [-0.15, -0.1) is 5.10 Å². The summed E-state index contributed by atoms with van der Waals surface area (Å²) in [6, 6.07) is 15.2. The van der Waals surface area contributed by atoms with Crippen LogP contribution in [0.4, 0.5) is 20.8 Å². The molecular formula is C34H35FN8O3. The van der Waals surface area contributed by atoms with Crippen LogP contribution in [0.5, 0.6) is 0 Å². The van der Waals surface area contributed by atoms with Crippen LogP contribution >= 0.6 is 0 Å². The first kappa shape index (κ1) is 30.6. The molecule has 4 heterocycles. The molecule has 2 aromatic carbocycles. The number of nitrogens with zero attached hydrogens (tertiary/aromatic N) is 7. The van der Waals surface area contributed by atoms with Gasteiger partial charge in [0.25, 0.3) is 5.91 Å². The number of halogens is 1. The molecule has 12 heteroatoms. The predicted molar refractivity (Wildman–Crippen MR) is 173 cm³/mol. The second-order valence-corrected chi connectivity index (χ2v) is 12.4. The van der Waals surface area contributed by atoms with E-state index < -0.39 is 29.5 Å². The number of ether oxygens (including phenoxy) is 1. The number of carbonyl (C=O) groups is 2. The van der Waals surface area contributed by atoms with Gasteiger partial charge in [0, 0.05) is 43.5 Å². The summed E-state index contributed by atoms with van der Waals surface area (Å²) in [7, 11) is 1.72. The highest BCUT2D eigenvalue weighted by molar-refractivity contribution is 6.11. The summed E-state index contributed by atoms with van der Waals surface area (Å²) in [5, 5.41) is 9.51. The van der Waals surface area contributed by atoms with Crippen molar-refractivity contribution < 1.29 is 18.7 Å². The van der Waals surface area contributed by atoms with Gasteiger partial charge in [-0.05, 0) is 86.5 Å². The third kappa shape index (κ3) is 6.37. The van der Waals surface area contributed by atoms with Crippen molar-refractivity contribution in [3.8, 4) is 22.4 Å². The third-order valence-corrected chi connectivity index (χ3v) is 7.82. The van der Waals surface area contributed by atoms with Crippen molar-refractivity contribution in [2.75, 3.05) is 23.7 Å². The molecule has 0 bridgehead atoms. The zero-order chi connectivity index (χ0) is 32.6. The van der Waals surface area contributed by atoms with E-state index in [1.54, 1.807) is 42.7 Å². The number of benzene rings is 2.